The number of furan rings is 1. The van der Waals surface area contributed by atoms with E-state index in [1.54, 1.807) is 0 Å². The largest absolute Gasteiger partial charge is 0.493 e. The molecule has 2 aromatic carbocycles. The van der Waals surface area contributed by atoms with Gasteiger partial charge in [-0.05, 0) is 24.3 Å². The summed E-state index contributed by atoms with van der Waals surface area (Å²) < 4.78 is 69.9. The monoisotopic (exact) mass is 512 g/mol. The number of benzene rings is 2. The van der Waals surface area contributed by atoms with Gasteiger partial charge in [0, 0.05) is 24.0 Å². The highest BCUT2D eigenvalue weighted by atomic mass is 19.4. The molecular formula is C23H23F3N2O8. The second-order valence-corrected chi connectivity index (χ2v) is 7.13. The third-order valence-electron chi connectivity index (χ3n) is 5.01. The molecular weight excluding hydrogens is 489 g/mol. The van der Waals surface area contributed by atoms with Crippen LogP contribution in [0.15, 0.2) is 28.7 Å². The molecule has 0 aliphatic rings. The van der Waals surface area contributed by atoms with Crippen LogP contribution in [0.1, 0.15) is 15.9 Å². The number of fused-ring (bicyclic) bond motifs is 1. The third-order valence-corrected chi connectivity index (χ3v) is 5.01. The minimum Gasteiger partial charge on any atom is -0.493 e. The number of carbonyl (C=O) groups excluding carboxylic acids is 2. The minimum absolute atomic E-state index is 0.0547. The van der Waals surface area contributed by atoms with E-state index in [9.17, 15) is 22.8 Å². The van der Waals surface area contributed by atoms with Crippen molar-refractivity contribution >= 4 is 28.6 Å². The maximum absolute atomic E-state index is 13.7. The first-order valence-electron chi connectivity index (χ1n) is 10.3. The number of rotatable bonds is 10. The molecule has 1 heterocycles. The Morgan fingerprint density at radius 2 is 1.56 bits per heavy atom. The molecule has 0 saturated carbocycles. The maximum Gasteiger partial charge on any atom is 0.491 e. The smallest absolute Gasteiger partial charge is 0.491 e. The summed E-state index contributed by atoms with van der Waals surface area (Å²) in [5, 5.41) is 2.88. The van der Waals surface area contributed by atoms with Gasteiger partial charge in [0.25, 0.3) is 0 Å². The van der Waals surface area contributed by atoms with Gasteiger partial charge in [-0.2, -0.15) is 13.2 Å². The molecule has 3 rings (SSSR count). The number of methoxy groups -OCH3 is 4. The van der Waals surface area contributed by atoms with Crippen LogP contribution in [0.4, 0.5) is 19.1 Å². The highest BCUT2D eigenvalue weighted by molar-refractivity contribution is 6.20. The van der Waals surface area contributed by atoms with E-state index < -0.39 is 23.7 Å². The molecule has 0 amide bonds. The molecule has 3 N–H and O–H groups in total. The molecule has 0 aliphatic heterocycles. The van der Waals surface area contributed by atoms with Crippen LogP contribution in [0.2, 0.25) is 0 Å². The zero-order chi connectivity index (χ0) is 26.6. The number of alkyl halides is 3. The topological polar surface area (TPSA) is 131 Å². The lowest BCUT2D eigenvalue weighted by Crippen LogP contribution is -2.28. The van der Waals surface area contributed by atoms with Gasteiger partial charge in [0.15, 0.2) is 28.6 Å². The van der Waals surface area contributed by atoms with Crippen LogP contribution in [-0.2, 0) is 4.79 Å². The molecule has 0 radical (unpaired) electrons. The predicted octanol–water partition coefficient (Wildman–Crippen LogP) is 3.54. The molecule has 0 atom stereocenters. The highest BCUT2D eigenvalue weighted by Crippen LogP contribution is 2.44. The first-order valence-corrected chi connectivity index (χ1v) is 10.3. The van der Waals surface area contributed by atoms with Gasteiger partial charge >= 0.3 is 12.1 Å². The van der Waals surface area contributed by atoms with E-state index >= 15 is 0 Å². The lowest BCUT2D eigenvalue weighted by Gasteiger charge is -2.14. The summed E-state index contributed by atoms with van der Waals surface area (Å²) in [6, 6.07) is 5.45. The van der Waals surface area contributed by atoms with Crippen molar-refractivity contribution in [3.63, 3.8) is 0 Å². The van der Waals surface area contributed by atoms with E-state index in [1.807, 2.05) is 0 Å². The summed E-state index contributed by atoms with van der Waals surface area (Å²) in [6.07, 6.45) is -5.28. The predicted molar refractivity (Wildman–Crippen MR) is 122 cm³/mol. The summed E-state index contributed by atoms with van der Waals surface area (Å²) in [6.45, 7) is 0.304. The molecule has 10 nitrogen and oxygen atoms in total. The number of esters is 1. The fraction of sp³-hybridized carbons (Fsp3) is 0.304. The SMILES string of the molecule is COc1cc(C(=O)c2c(NCCN)oc3c(OC(=O)C(F)(F)F)c(OC)ccc23)cc(OC)c1OC. The number of anilines is 1. The summed E-state index contributed by atoms with van der Waals surface area (Å²) in [5.41, 5.74) is 5.27. The van der Waals surface area contributed by atoms with Crippen LogP contribution >= 0.6 is 0 Å². The second kappa shape index (κ2) is 10.6. The number of ether oxygens (including phenoxy) is 5. The Kier molecular flexibility index (Phi) is 7.83. The van der Waals surface area contributed by atoms with Gasteiger partial charge < -0.3 is 39.2 Å². The molecule has 0 aliphatic carbocycles. The minimum atomic E-state index is -5.28. The number of nitrogens with two attached hydrogens (primary N) is 1. The molecule has 13 heteroatoms. The van der Waals surface area contributed by atoms with Crippen molar-refractivity contribution in [1.29, 1.82) is 0 Å². The van der Waals surface area contributed by atoms with E-state index in [-0.39, 0.29) is 64.1 Å². The van der Waals surface area contributed by atoms with Gasteiger partial charge in [0.2, 0.25) is 17.4 Å². The van der Waals surface area contributed by atoms with Crippen molar-refractivity contribution in [1.82, 2.24) is 0 Å². The average Bonchev–Trinajstić information content (AvgIpc) is 3.24. The fourth-order valence-corrected chi connectivity index (χ4v) is 3.42. The van der Waals surface area contributed by atoms with Gasteiger partial charge in [-0.15, -0.1) is 0 Å². The van der Waals surface area contributed by atoms with Crippen molar-refractivity contribution in [2.24, 2.45) is 5.73 Å². The van der Waals surface area contributed by atoms with Gasteiger partial charge in [-0.1, -0.05) is 0 Å². The van der Waals surface area contributed by atoms with Gasteiger partial charge in [-0.25, -0.2) is 4.79 Å². The summed E-state index contributed by atoms with van der Waals surface area (Å²) in [7, 11) is 5.32. The first kappa shape index (κ1) is 26.5. The molecule has 36 heavy (non-hydrogen) atoms. The molecule has 1 aromatic heterocycles. The molecule has 0 fully saturated rings. The zero-order valence-corrected chi connectivity index (χ0v) is 19.7. The highest BCUT2D eigenvalue weighted by Gasteiger charge is 2.42. The number of ketones is 1. The summed E-state index contributed by atoms with van der Waals surface area (Å²) in [5.74, 6) is -3.41. The zero-order valence-electron chi connectivity index (χ0n) is 19.7. The first-order chi connectivity index (χ1) is 17.1. The van der Waals surface area contributed by atoms with E-state index in [0.717, 1.165) is 0 Å². The summed E-state index contributed by atoms with van der Waals surface area (Å²) in [4.78, 5) is 25.3. The van der Waals surface area contributed by atoms with Crippen molar-refractivity contribution in [2.45, 2.75) is 6.18 Å². The van der Waals surface area contributed by atoms with E-state index in [2.05, 4.69) is 10.1 Å². The molecule has 194 valence electrons. The molecule has 0 bridgehead atoms. The number of halogens is 3. The Labute approximate surface area is 203 Å². The van der Waals surface area contributed by atoms with Crippen LogP contribution in [0, 0.1) is 0 Å². The van der Waals surface area contributed by atoms with E-state index in [0.29, 0.717) is 0 Å². The van der Waals surface area contributed by atoms with Crippen LogP contribution in [0.25, 0.3) is 11.0 Å². The summed E-state index contributed by atoms with van der Waals surface area (Å²) >= 11 is 0. The molecule has 3 aromatic rings. The number of hydrogen-bond donors (Lipinski definition) is 2. The van der Waals surface area contributed by atoms with Crippen molar-refractivity contribution in [3.8, 4) is 28.7 Å². The standard InChI is InChI=1S/C23H23F3N2O8/c1-31-13-6-5-12-16(17(29)11-9-14(32-2)19(34-4)15(10-11)33-3)21(28-8-7-27)35-18(12)20(13)36-22(30)23(24,25)26/h5-6,9-10,28H,7-8,27H2,1-4H3. The second-order valence-electron chi connectivity index (χ2n) is 7.13. The lowest BCUT2D eigenvalue weighted by molar-refractivity contribution is -0.189. The van der Waals surface area contributed by atoms with Crippen molar-refractivity contribution in [3.05, 3.63) is 35.4 Å². The van der Waals surface area contributed by atoms with Crippen molar-refractivity contribution in [2.75, 3.05) is 46.8 Å². The van der Waals surface area contributed by atoms with E-state index in [1.165, 1.54) is 52.7 Å². The van der Waals surface area contributed by atoms with Crippen LogP contribution in [0.3, 0.4) is 0 Å². The quantitative estimate of drug-likeness (QED) is 0.236. The lowest BCUT2D eigenvalue weighted by atomic mass is 10.0. The number of hydrogen-bond acceptors (Lipinski definition) is 10. The average molecular weight is 512 g/mol. The number of carbonyl (C=O) groups is 2. The number of nitrogens with one attached hydrogen (secondary N) is 1. The van der Waals surface area contributed by atoms with Crippen LogP contribution in [0.5, 0.6) is 28.7 Å². The van der Waals surface area contributed by atoms with Crippen molar-refractivity contribution < 1.29 is 50.9 Å². The Balaban J connectivity index is 2.26. The molecule has 0 spiro atoms. The Hall–Kier alpha value is -4.13. The Morgan fingerprint density at radius 3 is 2.06 bits per heavy atom. The maximum atomic E-state index is 13.7. The fourth-order valence-electron chi connectivity index (χ4n) is 3.42. The molecule has 0 unspecified atom stereocenters. The van der Waals surface area contributed by atoms with Gasteiger partial charge in [0.1, 0.15) is 0 Å². The normalized spacial score (nSPS) is 11.2. The Bertz CT molecular complexity index is 1260. The van der Waals surface area contributed by atoms with Gasteiger partial charge in [-0.3, -0.25) is 4.79 Å². The van der Waals surface area contributed by atoms with Gasteiger partial charge in [0.05, 0.1) is 34.0 Å². The van der Waals surface area contributed by atoms with Crippen LogP contribution < -0.4 is 34.7 Å². The molecule has 0 saturated heterocycles. The van der Waals surface area contributed by atoms with E-state index in [4.69, 9.17) is 29.1 Å². The van der Waals surface area contributed by atoms with Crippen LogP contribution in [-0.4, -0.2) is 59.5 Å². The third kappa shape index (κ3) is 4.96. The Morgan fingerprint density at radius 1 is 0.944 bits per heavy atom.